The Morgan fingerprint density at radius 2 is 1.50 bits per heavy atom. The van der Waals surface area contributed by atoms with Crippen molar-refractivity contribution in [3.05, 3.63) is 60.2 Å². The molecule has 0 radical (unpaired) electrons. The number of carbonyl (C=O) groups is 1. The van der Waals surface area contributed by atoms with Gasteiger partial charge in [-0.1, -0.05) is 88.5 Å². The first-order valence-electron chi connectivity index (χ1n) is 8.91. The van der Waals surface area contributed by atoms with Crippen molar-refractivity contribution < 1.29 is 4.79 Å². The molecule has 0 aliphatic rings. The highest BCUT2D eigenvalue weighted by Crippen LogP contribution is 2.31. The Morgan fingerprint density at radius 1 is 0.875 bits per heavy atom. The van der Waals surface area contributed by atoms with Crippen molar-refractivity contribution >= 4 is 17.5 Å². The van der Waals surface area contributed by atoms with Crippen LogP contribution < -0.4 is 0 Å². The third kappa shape index (κ3) is 5.52. The SMILES string of the molecule is CCCCCCC(C)(C)C(=O)c1ccc(Sc2ccccc2)cc1. The van der Waals surface area contributed by atoms with Crippen molar-refractivity contribution in [2.45, 2.75) is 62.7 Å². The van der Waals surface area contributed by atoms with Gasteiger partial charge in [0.05, 0.1) is 0 Å². The maximum atomic E-state index is 12.8. The van der Waals surface area contributed by atoms with E-state index in [4.69, 9.17) is 0 Å². The summed E-state index contributed by atoms with van der Waals surface area (Å²) in [5, 5.41) is 0. The summed E-state index contributed by atoms with van der Waals surface area (Å²) in [6, 6.07) is 18.4. The average molecular weight is 341 g/mol. The van der Waals surface area contributed by atoms with Gasteiger partial charge in [-0.05, 0) is 30.7 Å². The predicted octanol–water partition coefficient (Wildman–Crippen LogP) is 7.02. The summed E-state index contributed by atoms with van der Waals surface area (Å²) in [4.78, 5) is 15.2. The number of rotatable bonds is 9. The molecule has 0 aromatic heterocycles. The molecule has 128 valence electrons. The molecule has 0 spiro atoms. The molecule has 2 aromatic rings. The number of ketones is 1. The van der Waals surface area contributed by atoms with Gasteiger partial charge in [-0.15, -0.1) is 0 Å². The first kappa shape index (κ1) is 18.8. The second kappa shape index (κ2) is 9.08. The molecule has 24 heavy (non-hydrogen) atoms. The molecule has 0 bridgehead atoms. The zero-order valence-corrected chi connectivity index (χ0v) is 15.9. The van der Waals surface area contributed by atoms with Gasteiger partial charge < -0.3 is 0 Å². The molecule has 2 rings (SSSR count). The Labute approximate surface area is 150 Å². The van der Waals surface area contributed by atoms with Crippen LogP contribution in [0.5, 0.6) is 0 Å². The second-order valence-electron chi connectivity index (χ2n) is 6.96. The zero-order valence-electron chi connectivity index (χ0n) is 15.0. The molecular formula is C22H28OS. The molecule has 0 fully saturated rings. The Morgan fingerprint density at radius 3 is 2.12 bits per heavy atom. The molecular weight excluding hydrogens is 312 g/mol. The quantitative estimate of drug-likeness (QED) is 0.360. The summed E-state index contributed by atoms with van der Waals surface area (Å²) in [5.41, 5.74) is 0.551. The van der Waals surface area contributed by atoms with E-state index >= 15 is 0 Å². The van der Waals surface area contributed by atoms with Gasteiger partial charge in [0.2, 0.25) is 0 Å². The van der Waals surface area contributed by atoms with E-state index in [1.807, 2.05) is 30.3 Å². The molecule has 0 atom stereocenters. The van der Waals surface area contributed by atoms with E-state index < -0.39 is 0 Å². The van der Waals surface area contributed by atoms with Crippen molar-refractivity contribution in [2.24, 2.45) is 5.41 Å². The maximum Gasteiger partial charge on any atom is 0.168 e. The number of hydrogen-bond acceptors (Lipinski definition) is 2. The van der Waals surface area contributed by atoms with E-state index in [1.165, 1.54) is 29.1 Å². The fourth-order valence-electron chi connectivity index (χ4n) is 2.80. The molecule has 0 unspecified atom stereocenters. The third-order valence-corrected chi connectivity index (χ3v) is 5.38. The summed E-state index contributed by atoms with van der Waals surface area (Å²) in [5.74, 6) is 0.259. The van der Waals surface area contributed by atoms with E-state index in [9.17, 15) is 4.79 Å². The van der Waals surface area contributed by atoms with E-state index in [1.54, 1.807) is 11.8 Å². The normalized spacial score (nSPS) is 11.5. The van der Waals surface area contributed by atoms with E-state index in [0.29, 0.717) is 0 Å². The second-order valence-corrected chi connectivity index (χ2v) is 8.11. The van der Waals surface area contributed by atoms with Crippen LogP contribution in [-0.2, 0) is 0 Å². The van der Waals surface area contributed by atoms with Crippen LogP contribution in [-0.4, -0.2) is 5.78 Å². The van der Waals surface area contributed by atoms with Crippen LogP contribution in [0.1, 0.15) is 63.2 Å². The van der Waals surface area contributed by atoms with Crippen LogP contribution in [0.2, 0.25) is 0 Å². The smallest absolute Gasteiger partial charge is 0.168 e. The molecule has 2 aromatic carbocycles. The molecule has 0 amide bonds. The van der Waals surface area contributed by atoms with Gasteiger partial charge in [-0.25, -0.2) is 0 Å². The zero-order chi connectivity index (χ0) is 17.4. The fourth-order valence-corrected chi connectivity index (χ4v) is 3.63. The molecule has 0 heterocycles. The van der Waals surface area contributed by atoms with Crippen molar-refractivity contribution in [3.8, 4) is 0 Å². The Kier molecular flexibility index (Phi) is 7.11. The topological polar surface area (TPSA) is 17.1 Å². The van der Waals surface area contributed by atoms with Crippen LogP contribution >= 0.6 is 11.8 Å². The minimum absolute atomic E-state index is 0.259. The van der Waals surface area contributed by atoms with Gasteiger partial charge in [0, 0.05) is 20.8 Å². The standard InChI is InChI=1S/C22H28OS/c1-4-5-6-10-17-22(2,3)21(23)18-13-15-20(16-14-18)24-19-11-8-7-9-12-19/h7-9,11-16H,4-6,10,17H2,1-3H3. The molecule has 1 nitrogen and oxygen atoms in total. The van der Waals surface area contributed by atoms with Gasteiger partial charge in [0.25, 0.3) is 0 Å². The minimum Gasteiger partial charge on any atom is -0.294 e. The monoisotopic (exact) mass is 340 g/mol. The lowest BCUT2D eigenvalue weighted by Crippen LogP contribution is -2.24. The number of carbonyl (C=O) groups excluding carboxylic acids is 1. The lowest BCUT2D eigenvalue weighted by atomic mass is 9.80. The summed E-state index contributed by atoms with van der Waals surface area (Å²) < 4.78 is 0. The third-order valence-electron chi connectivity index (χ3n) is 4.37. The van der Waals surface area contributed by atoms with E-state index in [2.05, 4.69) is 45.0 Å². The summed E-state index contributed by atoms with van der Waals surface area (Å²) in [6.45, 7) is 6.37. The molecule has 0 aliphatic carbocycles. The Hall–Kier alpha value is -1.54. The number of Topliss-reactive ketones (excluding diaryl/α,β-unsaturated/α-hetero) is 1. The minimum atomic E-state index is -0.276. The Balaban J connectivity index is 1.97. The summed E-state index contributed by atoms with van der Waals surface area (Å²) in [7, 11) is 0. The molecule has 0 N–H and O–H groups in total. The first-order chi connectivity index (χ1) is 11.5. The highest BCUT2D eigenvalue weighted by Gasteiger charge is 2.27. The van der Waals surface area contributed by atoms with E-state index in [0.717, 1.165) is 18.4 Å². The van der Waals surface area contributed by atoms with Crippen molar-refractivity contribution in [2.75, 3.05) is 0 Å². The van der Waals surface area contributed by atoms with Gasteiger partial charge in [0.1, 0.15) is 0 Å². The molecule has 0 saturated heterocycles. The molecule has 0 aliphatic heterocycles. The highest BCUT2D eigenvalue weighted by molar-refractivity contribution is 7.99. The number of hydrogen-bond donors (Lipinski definition) is 0. The van der Waals surface area contributed by atoms with E-state index in [-0.39, 0.29) is 11.2 Å². The molecule has 0 saturated carbocycles. The Bertz CT molecular complexity index is 629. The van der Waals surface area contributed by atoms with Crippen LogP contribution in [0.3, 0.4) is 0 Å². The molecule has 2 heteroatoms. The maximum absolute atomic E-state index is 12.8. The van der Waals surface area contributed by atoms with Crippen LogP contribution in [0.4, 0.5) is 0 Å². The lowest BCUT2D eigenvalue weighted by molar-refractivity contribution is 0.0822. The van der Waals surface area contributed by atoms with Crippen LogP contribution in [0.15, 0.2) is 64.4 Å². The summed E-state index contributed by atoms with van der Waals surface area (Å²) in [6.07, 6.45) is 5.81. The largest absolute Gasteiger partial charge is 0.294 e. The van der Waals surface area contributed by atoms with Crippen molar-refractivity contribution in [1.29, 1.82) is 0 Å². The number of unbranched alkanes of at least 4 members (excludes halogenated alkanes) is 3. The van der Waals surface area contributed by atoms with Gasteiger partial charge in [0.15, 0.2) is 5.78 Å². The van der Waals surface area contributed by atoms with Crippen molar-refractivity contribution in [1.82, 2.24) is 0 Å². The van der Waals surface area contributed by atoms with Gasteiger partial charge >= 0.3 is 0 Å². The summed E-state index contributed by atoms with van der Waals surface area (Å²) >= 11 is 1.72. The first-order valence-corrected chi connectivity index (χ1v) is 9.72. The van der Waals surface area contributed by atoms with Gasteiger partial charge in [-0.3, -0.25) is 4.79 Å². The van der Waals surface area contributed by atoms with Crippen LogP contribution in [0, 0.1) is 5.41 Å². The number of benzene rings is 2. The lowest BCUT2D eigenvalue weighted by Gasteiger charge is -2.23. The average Bonchev–Trinajstić information content (AvgIpc) is 2.60. The highest BCUT2D eigenvalue weighted by atomic mass is 32.2. The fraction of sp³-hybridized carbons (Fsp3) is 0.409. The van der Waals surface area contributed by atoms with Crippen LogP contribution in [0.25, 0.3) is 0 Å². The predicted molar refractivity (Wildman–Crippen MR) is 104 cm³/mol. The van der Waals surface area contributed by atoms with Gasteiger partial charge in [-0.2, -0.15) is 0 Å². The van der Waals surface area contributed by atoms with Crippen molar-refractivity contribution in [3.63, 3.8) is 0 Å².